The van der Waals surface area contributed by atoms with Crippen molar-refractivity contribution in [3.8, 4) is 0 Å². The molecule has 4 nitrogen and oxygen atoms in total. The van der Waals surface area contributed by atoms with Gasteiger partial charge < -0.3 is 15.7 Å². The first-order valence-electron chi connectivity index (χ1n) is 6.11. The van der Waals surface area contributed by atoms with Gasteiger partial charge in [-0.15, -0.1) is 0 Å². The van der Waals surface area contributed by atoms with E-state index in [1.165, 1.54) is 0 Å². The van der Waals surface area contributed by atoms with Crippen LogP contribution in [0.25, 0.3) is 0 Å². The highest BCUT2D eigenvalue weighted by Crippen LogP contribution is 2.29. The van der Waals surface area contributed by atoms with Gasteiger partial charge in [-0.3, -0.25) is 4.79 Å². The molecule has 1 saturated carbocycles. The number of hydrogen-bond donors (Lipinski definition) is 2. The Balaban J connectivity index is 2.24. The molecule has 0 saturated heterocycles. The Bertz CT molecular complexity index is 447. The molecular formula is C13H17ClN2O2. The zero-order valence-electron chi connectivity index (χ0n) is 10.1. The van der Waals surface area contributed by atoms with Crippen LogP contribution in [-0.4, -0.2) is 35.1 Å². The highest BCUT2D eigenvalue weighted by Gasteiger charge is 2.30. The third-order valence-electron chi connectivity index (χ3n) is 3.38. The molecule has 2 rings (SSSR count). The van der Waals surface area contributed by atoms with Crippen LogP contribution in [0.3, 0.4) is 0 Å². The van der Waals surface area contributed by atoms with Gasteiger partial charge in [0.15, 0.2) is 0 Å². The fourth-order valence-corrected chi connectivity index (χ4v) is 2.33. The van der Waals surface area contributed by atoms with Gasteiger partial charge in [-0.25, -0.2) is 0 Å². The van der Waals surface area contributed by atoms with Gasteiger partial charge in [-0.2, -0.15) is 0 Å². The summed E-state index contributed by atoms with van der Waals surface area (Å²) in [6, 6.07) is 5.28. The number of amides is 1. The Morgan fingerprint density at radius 3 is 2.78 bits per heavy atom. The number of nitrogens with zero attached hydrogens (tertiary/aromatic N) is 1. The molecule has 1 amide bonds. The Kier molecular flexibility index (Phi) is 4.09. The third kappa shape index (κ3) is 2.44. The van der Waals surface area contributed by atoms with Gasteiger partial charge in [0.05, 0.1) is 22.9 Å². The second kappa shape index (κ2) is 5.59. The summed E-state index contributed by atoms with van der Waals surface area (Å²) in [7, 11) is 0. The standard InChI is InChI=1S/C13H17ClN2O2/c14-12-10(5-2-6-11(12)15)13(18)16(7-8-17)9-3-1-4-9/h2,5-6,9,17H,1,3-4,7-8,15H2. The lowest BCUT2D eigenvalue weighted by Crippen LogP contribution is -2.45. The van der Waals surface area contributed by atoms with Crippen molar-refractivity contribution in [3.63, 3.8) is 0 Å². The zero-order valence-corrected chi connectivity index (χ0v) is 10.9. The lowest BCUT2D eigenvalue weighted by atomic mass is 9.91. The van der Waals surface area contributed by atoms with Crippen LogP contribution in [0, 0.1) is 0 Å². The van der Waals surface area contributed by atoms with Crippen molar-refractivity contribution in [1.29, 1.82) is 0 Å². The predicted molar refractivity (Wildman–Crippen MR) is 71.6 cm³/mol. The fraction of sp³-hybridized carbons (Fsp3) is 0.462. The first kappa shape index (κ1) is 13.2. The van der Waals surface area contributed by atoms with E-state index in [1.807, 2.05) is 0 Å². The predicted octanol–water partition coefficient (Wildman–Crippen LogP) is 1.91. The monoisotopic (exact) mass is 268 g/mol. The summed E-state index contributed by atoms with van der Waals surface area (Å²) in [5.41, 5.74) is 6.52. The van der Waals surface area contributed by atoms with E-state index in [2.05, 4.69) is 0 Å². The molecule has 1 aromatic carbocycles. The number of rotatable bonds is 4. The van der Waals surface area contributed by atoms with E-state index in [-0.39, 0.29) is 18.6 Å². The van der Waals surface area contributed by atoms with Crippen LogP contribution >= 0.6 is 11.6 Å². The molecule has 0 radical (unpaired) electrons. The van der Waals surface area contributed by atoms with Gasteiger partial charge in [-0.05, 0) is 31.4 Å². The number of halogens is 1. The van der Waals surface area contributed by atoms with Crippen molar-refractivity contribution in [3.05, 3.63) is 28.8 Å². The topological polar surface area (TPSA) is 66.6 Å². The van der Waals surface area contributed by atoms with Gasteiger partial charge in [0.2, 0.25) is 0 Å². The number of benzene rings is 1. The fourth-order valence-electron chi connectivity index (χ4n) is 2.13. The van der Waals surface area contributed by atoms with Crippen molar-refractivity contribution in [2.45, 2.75) is 25.3 Å². The molecule has 0 atom stereocenters. The summed E-state index contributed by atoms with van der Waals surface area (Å²) >= 11 is 6.06. The van der Waals surface area contributed by atoms with Crippen LogP contribution in [0.1, 0.15) is 29.6 Å². The van der Waals surface area contributed by atoms with Crippen LogP contribution in [0.5, 0.6) is 0 Å². The minimum Gasteiger partial charge on any atom is -0.398 e. The number of aliphatic hydroxyl groups is 1. The molecule has 98 valence electrons. The van der Waals surface area contributed by atoms with Crippen molar-refractivity contribution in [2.24, 2.45) is 0 Å². The number of carbonyl (C=O) groups excluding carboxylic acids is 1. The van der Waals surface area contributed by atoms with E-state index in [4.69, 9.17) is 22.4 Å². The second-order valence-electron chi connectivity index (χ2n) is 4.52. The van der Waals surface area contributed by atoms with Crippen molar-refractivity contribution < 1.29 is 9.90 Å². The van der Waals surface area contributed by atoms with E-state index in [0.717, 1.165) is 19.3 Å². The number of nitrogens with two attached hydrogens (primary N) is 1. The number of aliphatic hydroxyl groups excluding tert-OH is 1. The third-order valence-corrected chi connectivity index (χ3v) is 3.80. The molecule has 0 aromatic heterocycles. The smallest absolute Gasteiger partial charge is 0.255 e. The van der Waals surface area contributed by atoms with E-state index >= 15 is 0 Å². The maximum absolute atomic E-state index is 12.4. The normalized spacial score (nSPS) is 15.2. The van der Waals surface area contributed by atoms with Gasteiger partial charge in [0.1, 0.15) is 0 Å². The molecule has 18 heavy (non-hydrogen) atoms. The molecule has 1 aromatic rings. The van der Waals surface area contributed by atoms with E-state index in [1.54, 1.807) is 23.1 Å². The maximum Gasteiger partial charge on any atom is 0.255 e. The summed E-state index contributed by atoms with van der Waals surface area (Å²) in [6.07, 6.45) is 3.11. The highest BCUT2D eigenvalue weighted by molar-refractivity contribution is 6.36. The lowest BCUT2D eigenvalue weighted by molar-refractivity contribution is 0.0526. The number of hydrogen-bond acceptors (Lipinski definition) is 3. The Hall–Kier alpha value is -1.26. The number of carbonyl (C=O) groups is 1. The molecule has 0 unspecified atom stereocenters. The molecule has 0 heterocycles. The summed E-state index contributed by atoms with van der Waals surface area (Å²) < 4.78 is 0. The highest BCUT2D eigenvalue weighted by atomic mass is 35.5. The van der Waals surface area contributed by atoms with Crippen LogP contribution in [0.15, 0.2) is 18.2 Å². The molecule has 0 spiro atoms. The quantitative estimate of drug-likeness (QED) is 0.820. The van der Waals surface area contributed by atoms with Crippen LogP contribution < -0.4 is 5.73 Å². The summed E-state index contributed by atoms with van der Waals surface area (Å²) in [5, 5.41) is 9.37. The average Bonchev–Trinajstić information content (AvgIpc) is 2.29. The lowest BCUT2D eigenvalue weighted by Gasteiger charge is -2.37. The van der Waals surface area contributed by atoms with Crippen LogP contribution in [0.4, 0.5) is 5.69 Å². The Morgan fingerprint density at radius 2 is 2.22 bits per heavy atom. The SMILES string of the molecule is Nc1cccc(C(=O)N(CCO)C2CCC2)c1Cl. The van der Waals surface area contributed by atoms with Gasteiger partial charge in [0, 0.05) is 12.6 Å². The van der Waals surface area contributed by atoms with Crippen molar-refractivity contribution in [1.82, 2.24) is 4.90 Å². The minimum atomic E-state index is -0.147. The van der Waals surface area contributed by atoms with Crippen molar-refractivity contribution >= 4 is 23.2 Å². The summed E-state index contributed by atoms with van der Waals surface area (Å²) in [6.45, 7) is 0.302. The average molecular weight is 269 g/mol. The minimum absolute atomic E-state index is 0.0395. The van der Waals surface area contributed by atoms with Crippen LogP contribution in [0.2, 0.25) is 5.02 Å². The number of anilines is 1. The molecule has 0 aliphatic heterocycles. The molecule has 5 heteroatoms. The summed E-state index contributed by atoms with van der Waals surface area (Å²) in [4.78, 5) is 14.1. The number of nitrogen functional groups attached to an aromatic ring is 1. The molecule has 1 aliphatic carbocycles. The van der Waals surface area contributed by atoms with Crippen LogP contribution in [-0.2, 0) is 0 Å². The molecule has 0 bridgehead atoms. The van der Waals surface area contributed by atoms with Gasteiger partial charge in [-0.1, -0.05) is 17.7 Å². The van der Waals surface area contributed by atoms with Crippen molar-refractivity contribution in [2.75, 3.05) is 18.9 Å². The van der Waals surface area contributed by atoms with E-state index in [0.29, 0.717) is 22.8 Å². The molecular weight excluding hydrogens is 252 g/mol. The van der Waals surface area contributed by atoms with Gasteiger partial charge >= 0.3 is 0 Å². The largest absolute Gasteiger partial charge is 0.398 e. The second-order valence-corrected chi connectivity index (χ2v) is 4.89. The van der Waals surface area contributed by atoms with Gasteiger partial charge in [0.25, 0.3) is 5.91 Å². The molecule has 1 aliphatic rings. The van der Waals surface area contributed by atoms with E-state index < -0.39 is 0 Å². The maximum atomic E-state index is 12.4. The molecule has 3 N–H and O–H groups in total. The first-order valence-corrected chi connectivity index (χ1v) is 6.48. The molecule has 1 fully saturated rings. The zero-order chi connectivity index (χ0) is 13.1. The van der Waals surface area contributed by atoms with E-state index in [9.17, 15) is 4.79 Å². The summed E-state index contributed by atoms with van der Waals surface area (Å²) in [5.74, 6) is -0.147. The Labute approximate surface area is 111 Å². The first-order chi connectivity index (χ1) is 8.65. The Morgan fingerprint density at radius 1 is 1.50 bits per heavy atom.